The Hall–Kier alpha value is -1.35. The van der Waals surface area contributed by atoms with Gasteiger partial charge in [0.05, 0.1) is 12.5 Å². The summed E-state index contributed by atoms with van der Waals surface area (Å²) in [7, 11) is 0. The molecular formula is C14H22O3. The number of hydrogen-bond donors (Lipinski definition) is 2. The van der Waals surface area contributed by atoms with Crippen LogP contribution in [0.15, 0.2) is 36.5 Å². The van der Waals surface area contributed by atoms with Crippen molar-refractivity contribution in [2.24, 2.45) is 0 Å². The standard InChI is InChI=1S/C14H22O3/c1-2-3-4-5-6-7-8-9-10-11-13(15)12-14(16)17/h3-4,6-7,9-10,13,15H,2,5,8,11-12H2,1H3,(H,16,17)/t13-/m1/s1. The number of aliphatic carboxylic acids is 1. The Morgan fingerprint density at radius 1 is 1.06 bits per heavy atom. The Morgan fingerprint density at radius 3 is 2.12 bits per heavy atom. The molecule has 0 aromatic carbocycles. The molecule has 0 saturated heterocycles. The molecule has 0 spiro atoms. The summed E-state index contributed by atoms with van der Waals surface area (Å²) in [5.74, 6) is -0.964. The predicted octanol–water partition coefficient (Wildman–Crippen LogP) is 3.07. The summed E-state index contributed by atoms with van der Waals surface area (Å²) >= 11 is 0. The van der Waals surface area contributed by atoms with Crippen molar-refractivity contribution in [2.75, 3.05) is 0 Å². The molecule has 0 bridgehead atoms. The molecule has 17 heavy (non-hydrogen) atoms. The topological polar surface area (TPSA) is 57.5 Å². The number of allylic oxidation sites excluding steroid dienone is 5. The second-order valence-corrected chi connectivity index (χ2v) is 3.78. The molecule has 96 valence electrons. The highest BCUT2D eigenvalue weighted by molar-refractivity contribution is 5.67. The van der Waals surface area contributed by atoms with Crippen molar-refractivity contribution in [1.29, 1.82) is 0 Å². The summed E-state index contributed by atoms with van der Waals surface area (Å²) in [6, 6.07) is 0. The van der Waals surface area contributed by atoms with Crippen LogP contribution in [0.5, 0.6) is 0 Å². The summed E-state index contributed by atoms with van der Waals surface area (Å²) < 4.78 is 0. The van der Waals surface area contributed by atoms with Crippen LogP contribution in [0, 0.1) is 0 Å². The number of carboxylic acid groups (broad SMARTS) is 1. The van der Waals surface area contributed by atoms with Crippen LogP contribution in [0.4, 0.5) is 0 Å². The minimum absolute atomic E-state index is 0.192. The van der Waals surface area contributed by atoms with Gasteiger partial charge in [-0.25, -0.2) is 0 Å². The molecule has 0 aromatic heterocycles. The second kappa shape index (κ2) is 11.1. The van der Waals surface area contributed by atoms with Gasteiger partial charge in [0, 0.05) is 0 Å². The highest BCUT2D eigenvalue weighted by Crippen LogP contribution is 2.00. The number of aliphatic hydroxyl groups excluding tert-OH is 1. The van der Waals surface area contributed by atoms with Gasteiger partial charge in [-0.15, -0.1) is 0 Å². The van der Waals surface area contributed by atoms with Gasteiger partial charge in [-0.2, -0.15) is 0 Å². The van der Waals surface area contributed by atoms with Crippen LogP contribution in [0.1, 0.15) is 39.0 Å². The molecule has 0 heterocycles. The molecular weight excluding hydrogens is 216 g/mol. The lowest BCUT2D eigenvalue weighted by molar-refractivity contribution is -0.139. The molecule has 3 heteroatoms. The van der Waals surface area contributed by atoms with E-state index >= 15 is 0 Å². The zero-order valence-corrected chi connectivity index (χ0v) is 10.4. The van der Waals surface area contributed by atoms with Gasteiger partial charge in [-0.3, -0.25) is 4.79 Å². The third-order valence-electron chi connectivity index (χ3n) is 2.10. The van der Waals surface area contributed by atoms with Gasteiger partial charge in [-0.05, 0) is 25.7 Å². The van der Waals surface area contributed by atoms with E-state index in [9.17, 15) is 9.90 Å². The monoisotopic (exact) mass is 238 g/mol. The van der Waals surface area contributed by atoms with Gasteiger partial charge in [-0.1, -0.05) is 43.4 Å². The quantitative estimate of drug-likeness (QED) is 0.607. The third kappa shape index (κ3) is 12.6. The van der Waals surface area contributed by atoms with Crippen LogP contribution in [0.3, 0.4) is 0 Å². The zero-order valence-electron chi connectivity index (χ0n) is 10.4. The van der Waals surface area contributed by atoms with E-state index in [-0.39, 0.29) is 6.42 Å². The zero-order chi connectivity index (χ0) is 12.9. The number of hydrogen-bond acceptors (Lipinski definition) is 2. The molecule has 0 aliphatic rings. The van der Waals surface area contributed by atoms with Gasteiger partial charge in [0.25, 0.3) is 0 Å². The van der Waals surface area contributed by atoms with Gasteiger partial charge < -0.3 is 10.2 Å². The van der Waals surface area contributed by atoms with Crippen LogP contribution < -0.4 is 0 Å². The molecule has 0 aromatic rings. The fourth-order valence-electron chi connectivity index (χ4n) is 1.25. The normalized spacial score (nSPS) is 14.0. The summed E-state index contributed by atoms with van der Waals surface area (Å²) in [6.07, 6.45) is 14.4. The molecule has 0 aliphatic carbocycles. The Labute approximate surface area is 103 Å². The lowest BCUT2D eigenvalue weighted by Crippen LogP contribution is -2.11. The van der Waals surface area contributed by atoms with E-state index in [1.807, 2.05) is 12.2 Å². The van der Waals surface area contributed by atoms with E-state index < -0.39 is 12.1 Å². The average molecular weight is 238 g/mol. The van der Waals surface area contributed by atoms with Crippen molar-refractivity contribution in [3.8, 4) is 0 Å². The molecule has 0 radical (unpaired) electrons. The summed E-state index contributed by atoms with van der Waals surface area (Å²) in [6.45, 7) is 2.10. The van der Waals surface area contributed by atoms with Crippen LogP contribution in [0.2, 0.25) is 0 Å². The fourth-order valence-corrected chi connectivity index (χ4v) is 1.25. The smallest absolute Gasteiger partial charge is 0.305 e. The van der Waals surface area contributed by atoms with Gasteiger partial charge in [0.1, 0.15) is 0 Å². The first-order valence-electron chi connectivity index (χ1n) is 6.01. The van der Waals surface area contributed by atoms with Gasteiger partial charge >= 0.3 is 5.97 Å². The third-order valence-corrected chi connectivity index (χ3v) is 2.10. The molecule has 0 aliphatic heterocycles. The predicted molar refractivity (Wildman–Crippen MR) is 69.8 cm³/mol. The number of carbonyl (C=O) groups is 1. The van der Waals surface area contributed by atoms with Crippen molar-refractivity contribution in [3.05, 3.63) is 36.5 Å². The lowest BCUT2D eigenvalue weighted by atomic mass is 10.1. The highest BCUT2D eigenvalue weighted by Gasteiger charge is 2.06. The highest BCUT2D eigenvalue weighted by atomic mass is 16.4. The molecule has 2 N–H and O–H groups in total. The minimum atomic E-state index is -0.964. The van der Waals surface area contributed by atoms with Crippen LogP contribution in [0.25, 0.3) is 0 Å². The van der Waals surface area contributed by atoms with Crippen LogP contribution >= 0.6 is 0 Å². The Morgan fingerprint density at radius 2 is 1.59 bits per heavy atom. The van der Waals surface area contributed by atoms with E-state index in [1.54, 1.807) is 0 Å². The maximum absolute atomic E-state index is 10.3. The molecule has 0 rings (SSSR count). The Kier molecular flexibility index (Phi) is 10.3. The van der Waals surface area contributed by atoms with Crippen molar-refractivity contribution in [2.45, 2.75) is 45.1 Å². The van der Waals surface area contributed by atoms with E-state index in [0.29, 0.717) is 6.42 Å². The van der Waals surface area contributed by atoms with Crippen molar-refractivity contribution in [3.63, 3.8) is 0 Å². The molecule has 0 fully saturated rings. The first-order valence-corrected chi connectivity index (χ1v) is 6.01. The largest absolute Gasteiger partial charge is 0.481 e. The molecule has 0 unspecified atom stereocenters. The van der Waals surface area contributed by atoms with E-state index in [0.717, 1.165) is 19.3 Å². The molecule has 1 atom stereocenters. The van der Waals surface area contributed by atoms with E-state index in [4.69, 9.17) is 5.11 Å². The van der Waals surface area contributed by atoms with Crippen molar-refractivity contribution < 1.29 is 15.0 Å². The van der Waals surface area contributed by atoms with E-state index in [1.165, 1.54) is 0 Å². The Bertz CT molecular complexity index is 277. The van der Waals surface area contributed by atoms with Crippen molar-refractivity contribution >= 4 is 5.97 Å². The molecule has 0 amide bonds. The lowest BCUT2D eigenvalue weighted by Gasteiger charge is -2.02. The second-order valence-electron chi connectivity index (χ2n) is 3.78. The number of aliphatic hydroxyl groups is 1. The summed E-state index contributed by atoms with van der Waals surface area (Å²) in [5, 5.41) is 17.7. The fraction of sp³-hybridized carbons (Fsp3) is 0.500. The first-order chi connectivity index (χ1) is 8.16. The van der Waals surface area contributed by atoms with Crippen LogP contribution in [-0.4, -0.2) is 22.3 Å². The molecule has 3 nitrogen and oxygen atoms in total. The SMILES string of the molecule is CCC=CCC=CCC=CC[C@@H](O)CC(=O)O. The maximum atomic E-state index is 10.3. The van der Waals surface area contributed by atoms with Gasteiger partial charge in [0.2, 0.25) is 0 Å². The van der Waals surface area contributed by atoms with Crippen LogP contribution in [-0.2, 0) is 4.79 Å². The molecule has 0 saturated carbocycles. The van der Waals surface area contributed by atoms with Crippen molar-refractivity contribution in [1.82, 2.24) is 0 Å². The average Bonchev–Trinajstić information content (AvgIpc) is 2.26. The first kappa shape index (κ1) is 15.7. The summed E-state index contributed by atoms with van der Waals surface area (Å²) in [5.41, 5.74) is 0. The van der Waals surface area contributed by atoms with Gasteiger partial charge in [0.15, 0.2) is 0 Å². The summed E-state index contributed by atoms with van der Waals surface area (Å²) in [4.78, 5) is 10.3. The number of carboxylic acids is 1. The van der Waals surface area contributed by atoms with E-state index in [2.05, 4.69) is 31.2 Å². The maximum Gasteiger partial charge on any atom is 0.305 e. The number of rotatable bonds is 9. The minimum Gasteiger partial charge on any atom is -0.481 e. The Balaban J connectivity index is 3.53.